The third-order valence-electron chi connectivity index (χ3n) is 6.10. The minimum atomic E-state index is 0. The summed E-state index contributed by atoms with van der Waals surface area (Å²) in [5.74, 6) is 3.17. The molecule has 2 aliphatic rings. The maximum absolute atomic E-state index is 5.73. The van der Waals surface area contributed by atoms with Crippen LogP contribution in [0.3, 0.4) is 0 Å². The van der Waals surface area contributed by atoms with Crippen LogP contribution in [0.15, 0.2) is 29.3 Å². The van der Waals surface area contributed by atoms with Gasteiger partial charge in [-0.3, -0.25) is 9.89 Å². The van der Waals surface area contributed by atoms with Gasteiger partial charge in [-0.05, 0) is 82.2 Å². The Hall–Kier alpha value is -1.06. The van der Waals surface area contributed by atoms with Crippen molar-refractivity contribution in [2.45, 2.75) is 45.1 Å². The normalized spacial score (nSPS) is 22.0. The van der Waals surface area contributed by atoms with E-state index in [1.807, 2.05) is 0 Å². The summed E-state index contributed by atoms with van der Waals surface area (Å²) in [6, 6.07) is 8.93. The van der Waals surface area contributed by atoms with Gasteiger partial charge in [0.1, 0.15) is 5.75 Å². The summed E-state index contributed by atoms with van der Waals surface area (Å²) in [7, 11) is 3.95. The topological polar surface area (TPSA) is 58.1 Å². The first-order chi connectivity index (χ1) is 14.7. The number of piperidine rings is 1. The molecule has 0 aromatic heterocycles. The van der Waals surface area contributed by atoms with Crippen LogP contribution in [-0.4, -0.2) is 64.4 Å². The van der Waals surface area contributed by atoms with Crippen LogP contribution in [0.5, 0.6) is 5.75 Å². The zero-order valence-corrected chi connectivity index (χ0v) is 21.8. The van der Waals surface area contributed by atoms with E-state index in [1.54, 1.807) is 7.11 Å². The SMILES string of the molecule is CCNC(=NCC1CCCN(C)C1c1ccc(OC)cc1)NCCCOCC1CC1.I. The first kappa shape index (κ1) is 26.2. The van der Waals surface area contributed by atoms with Crippen LogP contribution in [0.4, 0.5) is 0 Å². The maximum Gasteiger partial charge on any atom is 0.191 e. The Morgan fingerprint density at radius 3 is 2.61 bits per heavy atom. The quantitative estimate of drug-likeness (QED) is 0.191. The number of aliphatic imine (C=N–C) groups is 1. The fraction of sp³-hybridized carbons (Fsp3) is 0.708. The Morgan fingerprint density at radius 2 is 1.94 bits per heavy atom. The van der Waals surface area contributed by atoms with Gasteiger partial charge in [0.15, 0.2) is 5.96 Å². The average molecular weight is 545 g/mol. The zero-order valence-electron chi connectivity index (χ0n) is 19.4. The second kappa shape index (κ2) is 14.2. The third-order valence-corrected chi connectivity index (χ3v) is 6.10. The Labute approximate surface area is 205 Å². The lowest BCUT2D eigenvalue weighted by molar-refractivity contribution is 0.122. The summed E-state index contributed by atoms with van der Waals surface area (Å²) in [4.78, 5) is 7.41. The summed E-state index contributed by atoms with van der Waals surface area (Å²) in [5, 5.41) is 6.86. The number of likely N-dealkylation sites (tertiary alicyclic amines) is 1. The number of hydrogen-bond donors (Lipinski definition) is 2. The van der Waals surface area contributed by atoms with Crippen molar-refractivity contribution in [3.05, 3.63) is 29.8 Å². The molecule has 31 heavy (non-hydrogen) atoms. The van der Waals surface area contributed by atoms with E-state index in [-0.39, 0.29) is 24.0 Å². The summed E-state index contributed by atoms with van der Waals surface area (Å²) in [6.07, 6.45) is 6.15. The Bertz CT molecular complexity index is 651. The van der Waals surface area contributed by atoms with Gasteiger partial charge in [0.2, 0.25) is 0 Å². The van der Waals surface area contributed by atoms with Crippen molar-refractivity contribution in [2.24, 2.45) is 16.8 Å². The fourth-order valence-corrected chi connectivity index (χ4v) is 4.24. The molecule has 1 saturated heterocycles. The van der Waals surface area contributed by atoms with Crippen LogP contribution >= 0.6 is 24.0 Å². The molecular weight excluding hydrogens is 503 g/mol. The van der Waals surface area contributed by atoms with E-state index in [2.05, 4.69) is 53.8 Å². The monoisotopic (exact) mass is 544 g/mol. The molecule has 176 valence electrons. The molecule has 2 unspecified atom stereocenters. The van der Waals surface area contributed by atoms with Gasteiger partial charge < -0.3 is 20.1 Å². The van der Waals surface area contributed by atoms with Crippen LogP contribution in [-0.2, 0) is 4.74 Å². The fourth-order valence-electron chi connectivity index (χ4n) is 4.24. The van der Waals surface area contributed by atoms with Gasteiger partial charge in [-0.15, -0.1) is 24.0 Å². The van der Waals surface area contributed by atoms with E-state index >= 15 is 0 Å². The molecule has 0 amide bonds. The van der Waals surface area contributed by atoms with Crippen LogP contribution in [0, 0.1) is 11.8 Å². The number of methoxy groups -OCH3 is 1. The van der Waals surface area contributed by atoms with Gasteiger partial charge in [-0.2, -0.15) is 0 Å². The second-order valence-electron chi connectivity index (χ2n) is 8.62. The molecule has 3 rings (SSSR count). The molecule has 7 heteroatoms. The van der Waals surface area contributed by atoms with Crippen molar-refractivity contribution in [1.82, 2.24) is 15.5 Å². The Balaban J connectivity index is 0.00000341. The van der Waals surface area contributed by atoms with Crippen molar-refractivity contribution >= 4 is 29.9 Å². The molecule has 6 nitrogen and oxygen atoms in total. The average Bonchev–Trinajstić information content (AvgIpc) is 3.59. The number of rotatable bonds is 11. The molecule has 1 aliphatic carbocycles. The molecule has 1 saturated carbocycles. The van der Waals surface area contributed by atoms with Gasteiger partial charge in [-0.25, -0.2) is 0 Å². The zero-order chi connectivity index (χ0) is 21.2. The minimum Gasteiger partial charge on any atom is -0.497 e. The van der Waals surface area contributed by atoms with E-state index < -0.39 is 0 Å². The number of halogens is 1. The highest BCUT2D eigenvalue weighted by Crippen LogP contribution is 2.35. The number of guanidine groups is 1. The van der Waals surface area contributed by atoms with Gasteiger partial charge >= 0.3 is 0 Å². The molecule has 1 aromatic carbocycles. The summed E-state index contributed by atoms with van der Waals surface area (Å²) >= 11 is 0. The highest BCUT2D eigenvalue weighted by molar-refractivity contribution is 14.0. The summed E-state index contributed by atoms with van der Waals surface area (Å²) in [6.45, 7) is 7.61. The number of hydrogen-bond acceptors (Lipinski definition) is 4. The van der Waals surface area contributed by atoms with Crippen LogP contribution < -0.4 is 15.4 Å². The molecule has 1 heterocycles. The minimum absolute atomic E-state index is 0. The van der Waals surface area contributed by atoms with Crippen molar-refractivity contribution in [3.8, 4) is 5.75 Å². The standard InChI is InChI=1S/C24H40N4O2.HI/c1-4-25-24(26-14-6-16-30-18-19-8-9-19)27-17-21-7-5-15-28(2)23(21)20-10-12-22(29-3)13-11-20;/h10-13,19,21,23H,4-9,14-18H2,1-3H3,(H2,25,26,27);1H. The molecule has 0 bridgehead atoms. The van der Waals surface area contributed by atoms with Gasteiger partial charge in [0.25, 0.3) is 0 Å². The highest BCUT2D eigenvalue weighted by Gasteiger charge is 2.30. The molecule has 1 aliphatic heterocycles. The lowest BCUT2D eigenvalue weighted by Gasteiger charge is -2.39. The van der Waals surface area contributed by atoms with Crippen molar-refractivity contribution in [1.29, 1.82) is 0 Å². The number of nitrogens with zero attached hydrogens (tertiary/aromatic N) is 2. The number of benzene rings is 1. The summed E-state index contributed by atoms with van der Waals surface area (Å²) < 4.78 is 11.1. The van der Waals surface area contributed by atoms with Crippen LogP contribution in [0.25, 0.3) is 0 Å². The molecular formula is C24H41IN4O2. The van der Waals surface area contributed by atoms with Gasteiger partial charge in [-0.1, -0.05) is 12.1 Å². The molecule has 0 spiro atoms. The predicted octanol–water partition coefficient (Wildman–Crippen LogP) is 4.07. The molecule has 2 fully saturated rings. The maximum atomic E-state index is 5.73. The predicted molar refractivity (Wildman–Crippen MR) is 139 cm³/mol. The smallest absolute Gasteiger partial charge is 0.191 e. The van der Waals surface area contributed by atoms with Crippen molar-refractivity contribution < 1.29 is 9.47 Å². The summed E-state index contributed by atoms with van der Waals surface area (Å²) in [5.41, 5.74) is 1.35. The van der Waals surface area contributed by atoms with Crippen molar-refractivity contribution in [3.63, 3.8) is 0 Å². The molecule has 0 radical (unpaired) electrons. The van der Waals surface area contributed by atoms with E-state index in [0.29, 0.717) is 12.0 Å². The highest BCUT2D eigenvalue weighted by atomic mass is 127. The molecule has 1 aromatic rings. The van der Waals surface area contributed by atoms with Crippen LogP contribution in [0.1, 0.15) is 50.6 Å². The Morgan fingerprint density at radius 1 is 1.16 bits per heavy atom. The lowest BCUT2D eigenvalue weighted by Crippen LogP contribution is -2.40. The van der Waals surface area contributed by atoms with E-state index in [4.69, 9.17) is 14.5 Å². The Kier molecular flexibility index (Phi) is 12.0. The largest absolute Gasteiger partial charge is 0.497 e. The lowest BCUT2D eigenvalue weighted by atomic mass is 9.85. The number of nitrogens with one attached hydrogen (secondary N) is 2. The molecule has 2 N–H and O–H groups in total. The second-order valence-corrected chi connectivity index (χ2v) is 8.62. The van der Waals surface area contributed by atoms with Gasteiger partial charge in [0, 0.05) is 38.9 Å². The third kappa shape index (κ3) is 8.77. The first-order valence-electron chi connectivity index (χ1n) is 11.7. The number of ether oxygens (including phenoxy) is 2. The molecule has 2 atom stereocenters. The van der Waals surface area contributed by atoms with Crippen LogP contribution in [0.2, 0.25) is 0 Å². The first-order valence-corrected chi connectivity index (χ1v) is 11.7. The van der Waals surface area contributed by atoms with Gasteiger partial charge in [0.05, 0.1) is 7.11 Å². The van der Waals surface area contributed by atoms with Crippen molar-refractivity contribution in [2.75, 3.05) is 53.6 Å². The van der Waals surface area contributed by atoms with E-state index in [1.165, 1.54) is 31.2 Å². The van der Waals surface area contributed by atoms with E-state index in [0.717, 1.165) is 63.4 Å². The van der Waals surface area contributed by atoms with E-state index in [9.17, 15) is 0 Å².